The van der Waals surface area contributed by atoms with Gasteiger partial charge in [-0.05, 0) is 24.6 Å². The molecule has 1 atom stereocenters. The standard InChI is InChI=1S/C12H15NO3/c1-12(16-3,8-13-9-14)10-5-4-6-11(7-10)15-2/h4-7H,8H2,1-3H3. The van der Waals surface area contributed by atoms with E-state index in [1.165, 1.54) is 6.08 Å². The number of carbonyl (C=O) groups excluding carboxylic acids is 1. The summed E-state index contributed by atoms with van der Waals surface area (Å²) in [6.07, 6.45) is 1.52. The van der Waals surface area contributed by atoms with Gasteiger partial charge in [0.05, 0.1) is 13.7 Å². The molecule has 0 fully saturated rings. The zero-order chi connectivity index (χ0) is 12.0. The number of hydrogen-bond donors (Lipinski definition) is 0. The van der Waals surface area contributed by atoms with E-state index in [1.54, 1.807) is 14.2 Å². The maximum atomic E-state index is 10.1. The predicted molar refractivity (Wildman–Crippen MR) is 60.3 cm³/mol. The Morgan fingerprint density at radius 3 is 2.75 bits per heavy atom. The monoisotopic (exact) mass is 221 g/mol. The van der Waals surface area contributed by atoms with E-state index in [0.717, 1.165) is 11.3 Å². The number of aliphatic imine (C=N–C) groups is 1. The molecule has 1 aromatic rings. The van der Waals surface area contributed by atoms with Crippen LogP contribution in [-0.4, -0.2) is 26.8 Å². The number of nitrogens with zero attached hydrogens (tertiary/aromatic N) is 1. The molecule has 0 radical (unpaired) electrons. The molecule has 16 heavy (non-hydrogen) atoms. The van der Waals surface area contributed by atoms with E-state index in [1.807, 2.05) is 31.2 Å². The number of ether oxygens (including phenoxy) is 2. The fraction of sp³-hybridized carbons (Fsp3) is 0.417. The largest absolute Gasteiger partial charge is 0.497 e. The second kappa shape index (κ2) is 5.45. The van der Waals surface area contributed by atoms with E-state index < -0.39 is 5.60 Å². The van der Waals surface area contributed by atoms with Crippen molar-refractivity contribution in [2.45, 2.75) is 12.5 Å². The van der Waals surface area contributed by atoms with Crippen LogP contribution in [0.1, 0.15) is 12.5 Å². The Morgan fingerprint density at radius 1 is 1.44 bits per heavy atom. The van der Waals surface area contributed by atoms with Crippen LogP contribution in [0.25, 0.3) is 0 Å². The van der Waals surface area contributed by atoms with Crippen molar-refractivity contribution >= 4 is 6.08 Å². The molecule has 1 aromatic carbocycles. The van der Waals surface area contributed by atoms with E-state index in [2.05, 4.69) is 4.99 Å². The average molecular weight is 221 g/mol. The van der Waals surface area contributed by atoms with Crippen molar-refractivity contribution in [3.8, 4) is 5.75 Å². The Kier molecular flexibility index (Phi) is 4.23. The van der Waals surface area contributed by atoms with E-state index >= 15 is 0 Å². The third-order valence-corrected chi connectivity index (χ3v) is 2.58. The first kappa shape index (κ1) is 12.4. The summed E-state index contributed by atoms with van der Waals surface area (Å²) in [7, 11) is 3.19. The van der Waals surface area contributed by atoms with Gasteiger partial charge in [-0.2, -0.15) is 0 Å². The highest BCUT2D eigenvalue weighted by Gasteiger charge is 2.26. The van der Waals surface area contributed by atoms with Gasteiger partial charge in [0.15, 0.2) is 0 Å². The summed E-state index contributed by atoms with van der Waals surface area (Å²) in [5.41, 5.74) is 0.278. The average Bonchev–Trinajstić information content (AvgIpc) is 2.36. The third kappa shape index (κ3) is 2.69. The Labute approximate surface area is 94.9 Å². The third-order valence-electron chi connectivity index (χ3n) is 2.58. The Morgan fingerprint density at radius 2 is 2.19 bits per heavy atom. The molecule has 4 nitrogen and oxygen atoms in total. The predicted octanol–water partition coefficient (Wildman–Crippen LogP) is 1.89. The van der Waals surface area contributed by atoms with E-state index in [9.17, 15) is 4.79 Å². The molecule has 1 rings (SSSR count). The summed E-state index contributed by atoms with van der Waals surface area (Å²) in [5, 5.41) is 0. The summed E-state index contributed by atoms with van der Waals surface area (Å²) in [6.45, 7) is 2.10. The van der Waals surface area contributed by atoms with Gasteiger partial charge in [-0.25, -0.2) is 9.79 Å². The molecule has 0 saturated heterocycles. The van der Waals surface area contributed by atoms with E-state index in [-0.39, 0.29) is 6.54 Å². The number of methoxy groups -OCH3 is 2. The zero-order valence-electron chi connectivity index (χ0n) is 9.69. The fourth-order valence-electron chi connectivity index (χ4n) is 1.41. The van der Waals surface area contributed by atoms with Gasteiger partial charge in [-0.3, -0.25) is 0 Å². The van der Waals surface area contributed by atoms with Crippen molar-refractivity contribution in [1.29, 1.82) is 0 Å². The number of benzene rings is 1. The number of isocyanates is 1. The zero-order valence-corrected chi connectivity index (χ0v) is 9.69. The molecule has 0 spiro atoms. The summed E-state index contributed by atoms with van der Waals surface area (Å²) in [5.74, 6) is 0.746. The highest BCUT2D eigenvalue weighted by molar-refractivity contribution is 5.35. The quantitative estimate of drug-likeness (QED) is 0.563. The van der Waals surface area contributed by atoms with Crippen LogP contribution in [0.15, 0.2) is 29.3 Å². The highest BCUT2D eigenvalue weighted by atomic mass is 16.5. The van der Waals surface area contributed by atoms with Crippen molar-refractivity contribution < 1.29 is 14.3 Å². The van der Waals surface area contributed by atoms with Gasteiger partial charge >= 0.3 is 0 Å². The van der Waals surface area contributed by atoms with Crippen LogP contribution in [0.5, 0.6) is 5.75 Å². The Balaban J connectivity index is 3.05. The van der Waals surface area contributed by atoms with Gasteiger partial charge in [0.1, 0.15) is 11.4 Å². The molecule has 1 unspecified atom stereocenters. The summed E-state index contributed by atoms with van der Waals surface area (Å²) in [6, 6.07) is 7.49. The SMILES string of the molecule is COc1cccc(C(C)(CN=C=O)OC)c1. The second-order valence-corrected chi connectivity index (χ2v) is 3.57. The molecule has 0 saturated carbocycles. The number of hydrogen-bond acceptors (Lipinski definition) is 4. The van der Waals surface area contributed by atoms with Crippen LogP contribution in [0, 0.1) is 0 Å². The van der Waals surface area contributed by atoms with Crippen LogP contribution >= 0.6 is 0 Å². The second-order valence-electron chi connectivity index (χ2n) is 3.57. The van der Waals surface area contributed by atoms with Crippen LogP contribution < -0.4 is 4.74 Å². The Bertz CT molecular complexity index is 399. The first-order valence-corrected chi connectivity index (χ1v) is 4.89. The van der Waals surface area contributed by atoms with Gasteiger partial charge in [0.25, 0.3) is 0 Å². The van der Waals surface area contributed by atoms with Crippen LogP contribution in [0.3, 0.4) is 0 Å². The van der Waals surface area contributed by atoms with Crippen molar-refractivity contribution in [2.24, 2.45) is 4.99 Å². The molecule has 86 valence electrons. The Hall–Kier alpha value is -1.64. The summed E-state index contributed by atoms with van der Waals surface area (Å²) in [4.78, 5) is 13.7. The van der Waals surface area contributed by atoms with Gasteiger partial charge in [0.2, 0.25) is 6.08 Å². The molecular formula is C12H15NO3. The molecule has 0 bridgehead atoms. The van der Waals surface area contributed by atoms with Crippen molar-refractivity contribution in [3.63, 3.8) is 0 Å². The summed E-state index contributed by atoms with van der Waals surface area (Å²) < 4.78 is 10.5. The minimum Gasteiger partial charge on any atom is -0.497 e. The first-order chi connectivity index (χ1) is 7.66. The van der Waals surface area contributed by atoms with E-state index in [0.29, 0.717) is 0 Å². The molecular weight excluding hydrogens is 206 g/mol. The molecule has 0 heterocycles. The highest BCUT2D eigenvalue weighted by Crippen LogP contribution is 2.27. The molecule has 0 aliphatic carbocycles. The topological polar surface area (TPSA) is 47.9 Å². The lowest BCUT2D eigenvalue weighted by Gasteiger charge is -2.26. The van der Waals surface area contributed by atoms with E-state index in [4.69, 9.17) is 9.47 Å². The molecule has 4 heteroatoms. The molecule has 0 amide bonds. The summed E-state index contributed by atoms with van der Waals surface area (Å²) >= 11 is 0. The van der Waals surface area contributed by atoms with Gasteiger partial charge in [0, 0.05) is 7.11 Å². The smallest absolute Gasteiger partial charge is 0.235 e. The molecule has 0 N–H and O–H groups in total. The van der Waals surface area contributed by atoms with Crippen molar-refractivity contribution in [2.75, 3.05) is 20.8 Å². The maximum Gasteiger partial charge on any atom is 0.235 e. The normalized spacial score (nSPS) is 13.7. The molecule has 0 aliphatic rings. The van der Waals surface area contributed by atoms with Gasteiger partial charge < -0.3 is 9.47 Å². The van der Waals surface area contributed by atoms with Crippen LogP contribution in [-0.2, 0) is 15.1 Å². The lowest BCUT2D eigenvalue weighted by Crippen LogP contribution is -2.28. The van der Waals surface area contributed by atoms with Gasteiger partial charge in [-0.1, -0.05) is 12.1 Å². The minimum atomic E-state index is -0.633. The lowest BCUT2D eigenvalue weighted by atomic mass is 9.95. The molecule has 0 aromatic heterocycles. The van der Waals surface area contributed by atoms with Crippen LogP contribution in [0.4, 0.5) is 0 Å². The van der Waals surface area contributed by atoms with Crippen molar-refractivity contribution in [1.82, 2.24) is 0 Å². The number of rotatable bonds is 5. The van der Waals surface area contributed by atoms with Gasteiger partial charge in [-0.15, -0.1) is 0 Å². The lowest BCUT2D eigenvalue weighted by molar-refractivity contribution is 0.0104. The maximum absolute atomic E-state index is 10.1. The fourth-order valence-corrected chi connectivity index (χ4v) is 1.41. The molecule has 0 aliphatic heterocycles. The van der Waals surface area contributed by atoms with Crippen LogP contribution in [0.2, 0.25) is 0 Å². The first-order valence-electron chi connectivity index (χ1n) is 4.89. The minimum absolute atomic E-state index is 0.236. The van der Waals surface area contributed by atoms with Crippen molar-refractivity contribution in [3.05, 3.63) is 29.8 Å².